The van der Waals surface area contributed by atoms with E-state index in [2.05, 4.69) is 10.6 Å². The normalized spacial score (nSPS) is 26.2. The van der Waals surface area contributed by atoms with E-state index in [1.807, 2.05) is 0 Å². The molecule has 0 bridgehead atoms. The minimum Gasteiger partial charge on any atom is -0.381 e. The fraction of sp³-hybridized carbons (Fsp3) is 0.800. The zero-order valence-corrected chi connectivity index (χ0v) is 10.2. The largest absolute Gasteiger partial charge is 0.381 e. The monoisotopic (exact) mass is 248 g/mol. The first kappa shape index (κ1) is 13.3. The minimum atomic E-state index is -0.707. The van der Waals surface area contributed by atoms with Crippen LogP contribution in [-0.4, -0.2) is 36.6 Å². The number of imide groups is 1. The molecule has 0 aromatic heterocycles. The first-order chi connectivity index (χ1) is 7.52. The van der Waals surface area contributed by atoms with Crippen LogP contribution < -0.4 is 10.6 Å². The van der Waals surface area contributed by atoms with E-state index in [9.17, 15) is 9.59 Å². The molecule has 5 nitrogen and oxygen atoms in total. The molecule has 1 aliphatic carbocycles. The van der Waals surface area contributed by atoms with Crippen LogP contribution in [-0.2, 0) is 9.53 Å². The lowest BCUT2D eigenvalue weighted by molar-refractivity contribution is -0.119. The maximum atomic E-state index is 11.4. The van der Waals surface area contributed by atoms with Gasteiger partial charge in [-0.25, -0.2) is 4.79 Å². The number of methoxy groups -OCH3 is 1. The van der Waals surface area contributed by atoms with E-state index in [0.717, 1.165) is 19.3 Å². The fourth-order valence-electron chi connectivity index (χ4n) is 1.72. The van der Waals surface area contributed by atoms with Gasteiger partial charge in [0.2, 0.25) is 5.91 Å². The second-order valence-electron chi connectivity index (χ2n) is 3.95. The van der Waals surface area contributed by atoms with Crippen LogP contribution in [0.3, 0.4) is 0 Å². The smallest absolute Gasteiger partial charge is 0.321 e. The number of carbonyl (C=O) groups is 2. The molecular formula is C10H17ClN2O3. The van der Waals surface area contributed by atoms with Gasteiger partial charge in [-0.15, -0.1) is 11.6 Å². The summed E-state index contributed by atoms with van der Waals surface area (Å²) >= 11 is 5.52. The summed E-state index contributed by atoms with van der Waals surface area (Å²) in [7, 11) is 1.66. The molecule has 6 heteroatoms. The van der Waals surface area contributed by atoms with E-state index >= 15 is 0 Å². The SMILES string of the molecule is COC1CCC(NC(=O)NC(=O)C(C)Cl)C1. The molecule has 0 spiro atoms. The van der Waals surface area contributed by atoms with Crippen molar-refractivity contribution < 1.29 is 14.3 Å². The molecule has 2 N–H and O–H groups in total. The average molecular weight is 249 g/mol. The molecule has 0 aliphatic heterocycles. The van der Waals surface area contributed by atoms with E-state index in [-0.39, 0.29) is 12.1 Å². The van der Waals surface area contributed by atoms with E-state index in [0.29, 0.717) is 0 Å². The maximum absolute atomic E-state index is 11.4. The number of halogens is 1. The third kappa shape index (κ3) is 3.98. The molecule has 1 fully saturated rings. The van der Waals surface area contributed by atoms with Crippen LogP contribution >= 0.6 is 11.6 Å². The Morgan fingerprint density at radius 3 is 2.62 bits per heavy atom. The van der Waals surface area contributed by atoms with Crippen LogP contribution in [0, 0.1) is 0 Å². The number of nitrogens with one attached hydrogen (secondary N) is 2. The second-order valence-corrected chi connectivity index (χ2v) is 4.60. The first-order valence-corrected chi connectivity index (χ1v) is 5.74. The predicted molar refractivity (Wildman–Crippen MR) is 60.4 cm³/mol. The van der Waals surface area contributed by atoms with Gasteiger partial charge in [0.1, 0.15) is 5.38 Å². The van der Waals surface area contributed by atoms with Crippen molar-refractivity contribution in [2.45, 2.75) is 43.7 Å². The summed E-state index contributed by atoms with van der Waals surface area (Å²) in [4.78, 5) is 22.5. The third-order valence-corrected chi connectivity index (χ3v) is 2.85. The number of amides is 3. The molecule has 3 atom stereocenters. The Labute approximate surface area is 99.9 Å². The van der Waals surface area contributed by atoms with E-state index < -0.39 is 17.3 Å². The number of rotatable bonds is 3. The number of hydrogen-bond acceptors (Lipinski definition) is 3. The molecule has 3 unspecified atom stereocenters. The summed E-state index contributed by atoms with van der Waals surface area (Å²) in [6, 6.07) is -0.414. The van der Waals surface area contributed by atoms with Crippen molar-refractivity contribution >= 4 is 23.5 Å². The average Bonchev–Trinajstić information content (AvgIpc) is 2.65. The summed E-state index contributed by atoms with van der Waals surface area (Å²) < 4.78 is 5.18. The van der Waals surface area contributed by atoms with E-state index in [4.69, 9.17) is 16.3 Å². The number of alkyl halides is 1. The molecule has 1 rings (SSSR count). The predicted octanol–water partition coefficient (Wildman–Crippen LogP) is 1.01. The number of ether oxygens (including phenoxy) is 1. The lowest BCUT2D eigenvalue weighted by Crippen LogP contribution is -2.45. The number of carbonyl (C=O) groups excluding carboxylic acids is 2. The molecule has 0 heterocycles. The molecular weight excluding hydrogens is 232 g/mol. The highest BCUT2D eigenvalue weighted by Crippen LogP contribution is 2.21. The highest BCUT2D eigenvalue weighted by Gasteiger charge is 2.26. The maximum Gasteiger partial charge on any atom is 0.321 e. The number of urea groups is 1. The molecule has 92 valence electrons. The Morgan fingerprint density at radius 1 is 1.44 bits per heavy atom. The minimum absolute atomic E-state index is 0.0726. The van der Waals surface area contributed by atoms with E-state index in [1.165, 1.54) is 6.92 Å². The van der Waals surface area contributed by atoms with Crippen molar-refractivity contribution in [1.82, 2.24) is 10.6 Å². The molecule has 0 saturated heterocycles. The summed E-state index contributed by atoms with van der Waals surface area (Å²) in [5.41, 5.74) is 0. The zero-order chi connectivity index (χ0) is 12.1. The Balaban J connectivity index is 2.27. The lowest BCUT2D eigenvalue weighted by atomic mass is 10.2. The van der Waals surface area contributed by atoms with Crippen LogP contribution in [0.1, 0.15) is 26.2 Å². The quantitative estimate of drug-likeness (QED) is 0.733. The molecule has 1 aliphatic rings. The summed E-state index contributed by atoms with van der Waals surface area (Å²) in [6.07, 6.45) is 2.79. The van der Waals surface area contributed by atoms with Gasteiger partial charge in [0.25, 0.3) is 0 Å². The molecule has 16 heavy (non-hydrogen) atoms. The van der Waals surface area contributed by atoms with Crippen LogP contribution in [0.25, 0.3) is 0 Å². The summed E-state index contributed by atoms with van der Waals surface area (Å²) in [5.74, 6) is -0.486. The molecule has 0 aromatic carbocycles. The van der Waals surface area contributed by atoms with E-state index in [1.54, 1.807) is 7.11 Å². The van der Waals surface area contributed by atoms with Gasteiger partial charge < -0.3 is 10.1 Å². The van der Waals surface area contributed by atoms with Gasteiger partial charge in [-0.2, -0.15) is 0 Å². The Bertz CT molecular complexity index is 271. The molecule has 3 amide bonds. The fourth-order valence-corrected chi connectivity index (χ4v) is 1.77. The van der Waals surface area contributed by atoms with Gasteiger partial charge in [0, 0.05) is 13.2 Å². The lowest BCUT2D eigenvalue weighted by Gasteiger charge is -2.13. The highest BCUT2D eigenvalue weighted by molar-refractivity contribution is 6.31. The Hall–Kier alpha value is -0.810. The third-order valence-electron chi connectivity index (χ3n) is 2.65. The van der Waals surface area contributed by atoms with Crippen LogP contribution in [0.2, 0.25) is 0 Å². The van der Waals surface area contributed by atoms with Crippen LogP contribution in [0.15, 0.2) is 0 Å². The van der Waals surface area contributed by atoms with Crippen molar-refractivity contribution in [3.8, 4) is 0 Å². The summed E-state index contributed by atoms with van der Waals surface area (Å²) in [6.45, 7) is 1.51. The Kier molecular flexibility index (Phi) is 5.02. The topological polar surface area (TPSA) is 67.4 Å². The van der Waals surface area contributed by atoms with Crippen molar-refractivity contribution in [2.75, 3.05) is 7.11 Å². The van der Waals surface area contributed by atoms with Crippen molar-refractivity contribution in [3.05, 3.63) is 0 Å². The standard InChI is InChI=1S/C10H17ClN2O3/c1-6(11)9(14)13-10(15)12-7-3-4-8(5-7)16-2/h6-8H,3-5H2,1-2H3,(H2,12,13,14,15). The Morgan fingerprint density at radius 2 is 2.12 bits per heavy atom. The van der Waals surface area contributed by atoms with Gasteiger partial charge in [-0.3, -0.25) is 10.1 Å². The van der Waals surface area contributed by atoms with Crippen LogP contribution in [0.5, 0.6) is 0 Å². The summed E-state index contributed by atoms with van der Waals surface area (Å²) in [5, 5.41) is 4.19. The van der Waals surface area contributed by atoms with Gasteiger partial charge in [-0.05, 0) is 26.2 Å². The first-order valence-electron chi connectivity index (χ1n) is 5.31. The highest BCUT2D eigenvalue weighted by atomic mass is 35.5. The second kappa shape index (κ2) is 6.06. The van der Waals surface area contributed by atoms with Gasteiger partial charge >= 0.3 is 6.03 Å². The molecule has 0 radical (unpaired) electrons. The van der Waals surface area contributed by atoms with Crippen molar-refractivity contribution in [2.24, 2.45) is 0 Å². The van der Waals surface area contributed by atoms with Gasteiger partial charge in [0.15, 0.2) is 0 Å². The van der Waals surface area contributed by atoms with Gasteiger partial charge in [0.05, 0.1) is 6.10 Å². The molecule has 0 aromatic rings. The van der Waals surface area contributed by atoms with Gasteiger partial charge in [-0.1, -0.05) is 0 Å². The van der Waals surface area contributed by atoms with Crippen LogP contribution in [0.4, 0.5) is 4.79 Å². The number of hydrogen-bond donors (Lipinski definition) is 2. The van der Waals surface area contributed by atoms with Crippen molar-refractivity contribution in [1.29, 1.82) is 0 Å². The zero-order valence-electron chi connectivity index (χ0n) is 9.46. The van der Waals surface area contributed by atoms with Crippen molar-refractivity contribution in [3.63, 3.8) is 0 Å². The molecule has 1 saturated carbocycles.